The van der Waals surface area contributed by atoms with Gasteiger partial charge in [-0.05, 0) is 57.3 Å². The lowest BCUT2D eigenvalue weighted by atomic mass is 10.1. The summed E-state index contributed by atoms with van der Waals surface area (Å²) in [4.78, 5) is 21.9. The first-order valence-corrected chi connectivity index (χ1v) is 10.5. The molecule has 31 heavy (non-hydrogen) atoms. The fourth-order valence-corrected chi connectivity index (χ4v) is 3.90. The Balaban J connectivity index is 1.46. The number of benzene rings is 2. The molecule has 1 saturated heterocycles. The Bertz CT molecular complexity index is 1230. The Hall–Kier alpha value is -3.45. The Morgan fingerprint density at radius 1 is 1.03 bits per heavy atom. The monoisotopic (exact) mass is 416 g/mol. The van der Waals surface area contributed by atoms with Crippen LogP contribution in [0.4, 0.5) is 0 Å². The van der Waals surface area contributed by atoms with E-state index < -0.39 is 0 Å². The van der Waals surface area contributed by atoms with Gasteiger partial charge in [0.25, 0.3) is 5.91 Å². The van der Waals surface area contributed by atoms with Crippen LogP contribution in [0.3, 0.4) is 0 Å². The fraction of sp³-hybridized carbons (Fsp3) is 0.292. The van der Waals surface area contributed by atoms with Crippen LogP contribution in [-0.2, 0) is 0 Å². The molecular formula is C24H24N4O3. The second kappa shape index (κ2) is 8.00. The van der Waals surface area contributed by atoms with E-state index in [1.54, 1.807) is 18.4 Å². The highest BCUT2D eigenvalue weighted by atomic mass is 16.5. The predicted octanol–water partition coefficient (Wildman–Crippen LogP) is 4.24. The second-order valence-corrected chi connectivity index (χ2v) is 8.10. The van der Waals surface area contributed by atoms with E-state index in [4.69, 9.17) is 8.94 Å². The number of hydrogen-bond donors (Lipinski definition) is 0. The highest BCUT2D eigenvalue weighted by Gasteiger charge is 2.21. The molecule has 1 fully saturated rings. The summed E-state index contributed by atoms with van der Waals surface area (Å²) in [5.41, 5.74) is 4.46. The lowest BCUT2D eigenvalue weighted by Crippen LogP contribution is -2.34. The highest BCUT2D eigenvalue weighted by molar-refractivity contribution is 6.00. The van der Waals surface area contributed by atoms with Gasteiger partial charge in [-0.2, -0.15) is 0 Å². The molecule has 2 aromatic heterocycles. The van der Waals surface area contributed by atoms with Crippen molar-refractivity contribution in [2.24, 2.45) is 0 Å². The van der Waals surface area contributed by atoms with Gasteiger partial charge >= 0.3 is 0 Å². The smallest absolute Gasteiger partial charge is 0.253 e. The van der Waals surface area contributed by atoms with Crippen molar-refractivity contribution < 1.29 is 13.7 Å². The molecule has 7 nitrogen and oxygen atoms in total. The molecule has 5 rings (SSSR count). The first kappa shape index (κ1) is 19.5. The van der Waals surface area contributed by atoms with Gasteiger partial charge in [0.2, 0.25) is 5.89 Å². The van der Waals surface area contributed by atoms with E-state index in [1.807, 2.05) is 42.2 Å². The third-order valence-corrected chi connectivity index (χ3v) is 5.77. The summed E-state index contributed by atoms with van der Waals surface area (Å²) in [5, 5.41) is 4.95. The average molecular weight is 416 g/mol. The molecular weight excluding hydrogens is 392 g/mol. The van der Waals surface area contributed by atoms with Crippen LogP contribution in [0.15, 0.2) is 57.7 Å². The van der Waals surface area contributed by atoms with E-state index in [2.05, 4.69) is 22.1 Å². The van der Waals surface area contributed by atoms with Gasteiger partial charge in [0.1, 0.15) is 17.7 Å². The van der Waals surface area contributed by atoms with Crippen LogP contribution in [0.2, 0.25) is 0 Å². The number of aromatic nitrogens is 2. The van der Waals surface area contributed by atoms with E-state index in [0.717, 1.165) is 43.5 Å². The van der Waals surface area contributed by atoms with Crippen LogP contribution in [0, 0.1) is 6.92 Å². The molecule has 0 unspecified atom stereocenters. The second-order valence-electron chi connectivity index (χ2n) is 8.10. The van der Waals surface area contributed by atoms with E-state index in [-0.39, 0.29) is 5.91 Å². The molecule has 0 N–H and O–H groups in total. The summed E-state index contributed by atoms with van der Waals surface area (Å²) >= 11 is 0. The zero-order chi connectivity index (χ0) is 21.4. The SMILES string of the molecule is Cc1ccc(-c2nc(-c3noc4ccc(C(=O)N5CCCN(C)CC5)cc34)co2)cc1. The standard InChI is InChI=1S/C24H24N4O3/c1-16-4-6-17(7-5-16)23-25-20(15-30-23)22-19-14-18(8-9-21(19)31-26-22)24(29)28-11-3-10-27(2)12-13-28/h4-9,14-15H,3,10-13H2,1-2H3. The van der Waals surface area contributed by atoms with Crippen molar-refractivity contribution >= 4 is 16.9 Å². The van der Waals surface area contributed by atoms with Gasteiger partial charge in [-0.1, -0.05) is 22.9 Å². The van der Waals surface area contributed by atoms with E-state index >= 15 is 0 Å². The zero-order valence-corrected chi connectivity index (χ0v) is 17.7. The number of aryl methyl sites for hydroxylation is 1. The molecule has 7 heteroatoms. The van der Waals surface area contributed by atoms with Crippen molar-refractivity contribution in [2.45, 2.75) is 13.3 Å². The maximum absolute atomic E-state index is 13.1. The van der Waals surface area contributed by atoms with E-state index in [1.165, 1.54) is 5.56 Å². The number of hydrogen-bond acceptors (Lipinski definition) is 6. The number of nitrogens with zero attached hydrogens (tertiary/aromatic N) is 4. The quantitative estimate of drug-likeness (QED) is 0.497. The summed E-state index contributed by atoms with van der Waals surface area (Å²) in [6.07, 6.45) is 2.55. The molecule has 1 aliphatic heterocycles. The van der Waals surface area contributed by atoms with Gasteiger partial charge in [-0.3, -0.25) is 4.79 Å². The average Bonchev–Trinajstić information content (AvgIpc) is 3.37. The molecule has 0 saturated carbocycles. The van der Waals surface area contributed by atoms with Crippen LogP contribution in [0.25, 0.3) is 33.8 Å². The first-order valence-electron chi connectivity index (χ1n) is 10.5. The number of carbonyl (C=O) groups is 1. The molecule has 4 aromatic rings. The number of oxazole rings is 1. The van der Waals surface area contributed by atoms with Crippen LogP contribution >= 0.6 is 0 Å². The van der Waals surface area contributed by atoms with Gasteiger partial charge < -0.3 is 18.7 Å². The summed E-state index contributed by atoms with van der Waals surface area (Å²) in [5.74, 6) is 0.553. The Kier molecular flexibility index (Phi) is 5.03. The predicted molar refractivity (Wildman–Crippen MR) is 118 cm³/mol. The van der Waals surface area contributed by atoms with Crippen LogP contribution in [-0.4, -0.2) is 59.1 Å². The zero-order valence-electron chi connectivity index (χ0n) is 17.7. The van der Waals surface area contributed by atoms with E-state index in [9.17, 15) is 4.79 Å². The normalized spacial score (nSPS) is 15.4. The minimum absolute atomic E-state index is 0.0323. The summed E-state index contributed by atoms with van der Waals surface area (Å²) in [7, 11) is 2.09. The number of fused-ring (bicyclic) bond motifs is 1. The van der Waals surface area contributed by atoms with Crippen LogP contribution in [0.1, 0.15) is 22.3 Å². The molecule has 158 valence electrons. The van der Waals surface area contributed by atoms with Crippen molar-refractivity contribution in [3.63, 3.8) is 0 Å². The van der Waals surface area contributed by atoms with Gasteiger partial charge in [-0.15, -0.1) is 0 Å². The van der Waals surface area contributed by atoms with E-state index in [0.29, 0.717) is 28.4 Å². The lowest BCUT2D eigenvalue weighted by Gasteiger charge is -2.20. The summed E-state index contributed by atoms with van der Waals surface area (Å²) < 4.78 is 11.2. The Morgan fingerprint density at radius 3 is 2.71 bits per heavy atom. The van der Waals surface area contributed by atoms with Gasteiger partial charge in [-0.25, -0.2) is 4.98 Å². The van der Waals surface area contributed by atoms with Gasteiger partial charge in [0, 0.05) is 30.8 Å². The van der Waals surface area contributed by atoms with Crippen LogP contribution < -0.4 is 0 Å². The largest absolute Gasteiger partial charge is 0.444 e. The number of amides is 1. The maximum atomic E-state index is 13.1. The van der Waals surface area contributed by atoms with Gasteiger partial charge in [0.15, 0.2) is 5.58 Å². The molecule has 1 aliphatic rings. The first-order chi connectivity index (χ1) is 15.1. The van der Waals surface area contributed by atoms with Crippen molar-refractivity contribution in [1.29, 1.82) is 0 Å². The summed E-state index contributed by atoms with van der Waals surface area (Å²) in [6, 6.07) is 13.4. The highest BCUT2D eigenvalue weighted by Crippen LogP contribution is 2.31. The molecule has 0 atom stereocenters. The topological polar surface area (TPSA) is 75.6 Å². The molecule has 3 heterocycles. The molecule has 2 aromatic carbocycles. The molecule has 0 spiro atoms. The minimum atomic E-state index is 0.0323. The van der Waals surface area contributed by atoms with Crippen molar-refractivity contribution in [2.75, 3.05) is 33.2 Å². The molecule has 0 aliphatic carbocycles. The van der Waals surface area contributed by atoms with Crippen molar-refractivity contribution in [3.05, 3.63) is 59.9 Å². The van der Waals surface area contributed by atoms with Gasteiger partial charge in [0.05, 0.1) is 5.39 Å². The Morgan fingerprint density at radius 2 is 1.87 bits per heavy atom. The third kappa shape index (κ3) is 3.84. The Labute approximate surface area is 180 Å². The third-order valence-electron chi connectivity index (χ3n) is 5.77. The number of rotatable bonds is 3. The summed E-state index contributed by atoms with van der Waals surface area (Å²) in [6.45, 7) is 5.42. The van der Waals surface area contributed by atoms with Crippen molar-refractivity contribution in [3.8, 4) is 22.8 Å². The molecule has 0 bridgehead atoms. The molecule has 1 amide bonds. The van der Waals surface area contributed by atoms with Crippen molar-refractivity contribution in [1.82, 2.24) is 19.9 Å². The lowest BCUT2D eigenvalue weighted by molar-refractivity contribution is 0.0763. The van der Waals surface area contributed by atoms with Crippen LogP contribution in [0.5, 0.6) is 0 Å². The maximum Gasteiger partial charge on any atom is 0.253 e. The number of carbonyl (C=O) groups excluding carboxylic acids is 1. The fourth-order valence-electron chi connectivity index (χ4n) is 3.90. The molecule has 0 radical (unpaired) electrons. The minimum Gasteiger partial charge on any atom is -0.444 e. The number of likely N-dealkylation sites (N-methyl/N-ethyl adjacent to an activating group) is 1.